The van der Waals surface area contributed by atoms with Crippen LogP contribution in [0.25, 0.3) is 0 Å². The van der Waals surface area contributed by atoms with Crippen molar-refractivity contribution in [1.29, 1.82) is 0 Å². The van der Waals surface area contributed by atoms with Gasteiger partial charge in [-0.25, -0.2) is 0 Å². The largest absolute Gasteiger partial charge is 0.369 e. The molecule has 1 aliphatic heterocycles. The molecule has 0 atom stereocenters. The number of hydrogen-bond donors (Lipinski definition) is 2. The summed E-state index contributed by atoms with van der Waals surface area (Å²) in [6, 6.07) is 9.53. The van der Waals surface area contributed by atoms with E-state index in [1.165, 1.54) is 56.6 Å². The van der Waals surface area contributed by atoms with E-state index >= 15 is 0 Å². The molecule has 0 aromatic heterocycles. The van der Waals surface area contributed by atoms with Crippen molar-refractivity contribution >= 4 is 11.6 Å². The predicted molar refractivity (Wildman–Crippen MR) is 111 cm³/mol. The fourth-order valence-electron chi connectivity index (χ4n) is 3.43. The summed E-state index contributed by atoms with van der Waals surface area (Å²) in [4.78, 5) is 9.82. The summed E-state index contributed by atoms with van der Waals surface area (Å²) in [7, 11) is 0. The van der Waals surface area contributed by atoms with E-state index in [0.717, 1.165) is 32.1 Å². The van der Waals surface area contributed by atoms with E-state index in [1.807, 2.05) is 0 Å². The smallest absolute Gasteiger partial charge is 0.191 e. The van der Waals surface area contributed by atoms with Crippen molar-refractivity contribution in [3.8, 4) is 0 Å². The summed E-state index contributed by atoms with van der Waals surface area (Å²) in [5.74, 6) is 1.00. The van der Waals surface area contributed by atoms with E-state index in [1.54, 1.807) is 0 Å². The van der Waals surface area contributed by atoms with Gasteiger partial charge in [-0.3, -0.25) is 9.89 Å². The standard InChI is InChI=1S/C21H35N5/c1-3-22-21(24-19-9-10-19)23-11-4-5-12-25-13-15-26(16-14-25)20-8-6-7-18(2)17-20/h6-8,17,19H,3-5,9-16H2,1-2H3,(H2,22,23,24). The molecule has 1 saturated carbocycles. The Labute approximate surface area is 158 Å². The lowest BCUT2D eigenvalue weighted by atomic mass is 10.2. The second-order valence-electron chi connectivity index (χ2n) is 7.55. The van der Waals surface area contributed by atoms with Crippen LogP contribution in [0, 0.1) is 6.92 Å². The molecule has 1 heterocycles. The number of nitrogens with zero attached hydrogens (tertiary/aromatic N) is 3. The monoisotopic (exact) mass is 357 g/mol. The molecule has 3 rings (SSSR count). The molecule has 2 N–H and O–H groups in total. The fraction of sp³-hybridized carbons (Fsp3) is 0.667. The number of nitrogens with one attached hydrogen (secondary N) is 2. The highest BCUT2D eigenvalue weighted by Gasteiger charge is 2.22. The van der Waals surface area contributed by atoms with E-state index in [-0.39, 0.29) is 0 Å². The van der Waals surface area contributed by atoms with Gasteiger partial charge in [0, 0.05) is 51.0 Å². The van der Waals surface area contributed by atoms with Crippen molar-refractivity contribution < 1.29 is 0 Å². The molecular formula is C21H35N5. The quantitative estimate of drug-likeness (QED) is 0.426. The maximum atomic E-state index is 4.70. The minimum absolute atomic E-state index is 0.664. The average Bonchev–Trinajstić information content (AvgIpc) is 3.46. The van der Waals surface area contributed by atoms with Gasteiger partial charge in [0.2, 0.25) is 0 Å². The molecule has 144 valence electrons. The molecule has 0 spiro atoms. The summed E-state index contributed by atoms with van der Waals surface area (Å²) in [5, 5.41) is 6.82. The van der Waals surface area contributed by atoms with E-state index in [9.17, 15) is 0 Å². The fourth-order valence-corrected chi connectivity index (χ4v) is 3.43. The van der Waals surface area contributed by atoms with Crippen LogP contribution >= 0.6 is 0 Å². The van der Waals surface area contributed by atoms with Gasteiger partial charge in [-0.1, -0.05) is 12.1 Å². The highest BCUT2D eigenvalue weighted by molar-refractivity contribution is 5.80. The Morgan fingerprint density at radius 1 is 1.15 bits per heavy atom. The van der Waals surface area contributed by atoms with Crippen LogP contribution in [-0.2, 0) is 0 Å². The SMILES string of the molecule is CCNC(=NCCCCN1CCN(c2cccc(C)c2)CC1)NC1CC1. The van der Waals surface area contributed by atoms with Gasteiger partial charge in [0.05, 0.1) is 0 Å². The third-order valence-electron chi connectivity index (χ3n) is 5.15. The van der Waals surface area contributed by atoms with Crippen LogP contribution in [0.3, 0.4) is 0 Å². The molecule has 0 amide bonds. The first-order valence-corrected chi connectivity index (χ1v) is 10.3. The third-order valence-corrected chi connectivity index (χ3v) is 5.15. The molecule has 0 unspecified atom stereocenters. The average molecular weight is 358 g/mol. The van der Waals surface area contributed by atoms with Gasteiger partial charge in [0.1, 0.15) is 0 Å². The normalized spacial score (nSPS) is 18.8. The molecule has 5 heteroatoms. The number of anilines is 1. The maximum absolute atomic E-state index is 4.70. The van der Waals surface area contributed by atoms with Crippen LogP contribution in [0.15, 0.2) is 29.3 Å². The van der Waals surface area contributed by atoms with Crippen molar-refractivity contribution in [2.75, 3.05) is 50.7 Å². The highest BCUT2D eigenvalue weighted by atomic mass is 15.3. The molecule has 1 aromatic rings. The van der Waals surface area contributed by atoms with Gasteiger partial charge in [-0.05, 0) is 63.8 Å². The molecule has 0 radical (unpaired) electrons. The summed E-state index contributed by atoms with van der Waals surface area (Å²) in [5.41, 5.74) is 2.72. The molecule has 2 fully saturated rings. The maximum Gasteiger partial charge on any atom is 0.191 e. The van der Waals surface area contributed by atoms with Gasteiger partial charge >= 0.3 is 0 Å². The Morgan fingerprint density at radius 3 is 2.65 bits per heavy atom. The lowest BCUT2D eigenvalue weighted by molar-refractivity contribution is 0.253. The lowest BCUT2D eigenvalue weighted by Gasteiger charge is -2.36. The molecule has 2 aliphatic rings. The van der Waals surface area contributed by atoms with Gasteiger partial charge in [-0.2, -0.15) is 0 Å². The van der Waals surface area contributed by atoms with Crippen molar-refractivity contribution in [3.63, 3.8) is 0 Å². The Bertz CT molecular complexity index is 574. The summed E-state index contributed by atoms with van der Waals surface area (Å²) >= 11 is 0. The van der Waals surface area contributed by atoms with Crippen molar-refractivity contribution in [2.24, 2.45) is 4.99 Å². The summed E-state index contributed by atoms with van der Waals surface area (Å²) in [6.45, 7) is 12.0. The number of aryl methyl sites for hydroxylation is 1. The van der Waals surface area contributed by atoms with Gasteiger partial charge < -0.3 is 15.5 Å². The molecule has 1 aliphatic carbocycles. The number of rotatable bonds is 8. The molecule has 1 aromatic carbocycles. The number of guanidine groups is 1. The lowest BCUT2D eigenvalue weighted by Crippen LogP contribution is -2.46. The van der Waals surface area contributed by atoms with Crippen LogP contribution in [-0.4, -0.2) is 62.7 Å². The zero-order valence-corrected chi connectivity index (χ0v) is 16.5. The van der Waals surface area contributed by atoms with Crippen LogP contribution in [0.1, 0.15) is 38.2 Å². The van der Waals surface area contributed by atoms with Crippen LogP contribution in [0.4, 0.5) is 5.69 Å². The molecular weight excluding hydrogens is 322 g/mol. The Morgan fingerprint density at radius 2 is 1.96 bits per heavy atom. The van der Waals surface area contributed by atoms with E-state index < -0.39 is 0 Å². The predicted octanol–water partition coefficient (Wildman–Crippen LogP) is 2.61. The third kappa shape index (κ3) is 6.20. The Hall–Kier alpha value is -1.75. The van der Waals surface area contributed by atoms with E-state index in [0.29, 0.717) is 6.04 Å². The molecule has 5 nitrogen and oxygen atoms in total. The first kappa shape index (κ1) is 19.0. The van der Waals surface area contributed by atoms with Gasteiger partial charge in [-0.15, -0.1) is 0 Å². The molecule has 0 bridgehead atoms. The van der Waals surface area contributed by atoms with Crippen molar-refractivity contribution in [1.82, 2.24) is 15.5 Å². The Balaban J connectivity index is 1.31. The van der Waals surface area contributed by atoms with E-state index in [4.69, 9.17) is 4.99 Å². The molecule has 1 saturated heterocycles. The van der Waals surface area contributed by atoms with Gasteiger partial charge in [0.25, 0.3) is 0 Å². The summed E-state index contributed by atoms with van der Waals surface area (Å²) < 4.78 is 0. The number of aliphatic imine (C=N–C) groups is 1. The number of hydrogen-bond acceptors (Lipinski definition) is 3. The van der Waals surface area contributed by atoms with Gasteiger partial charge in [0.15, 0.2) is 5.96 Å². The number of piperazine rings is 1. The summed E-state index contributed by atoms with van der Waals surface area (Å²) in [6.07, 6.45) is 4.98. The molecule has 26 heavy (non-hydrogen) atoms. The van der Waals surface area contributed by atoms with Crippen molar-refractivity contribution in [2.45, 2.75) is 45.6 Å². The van der Waals surface area contributed by atoms with Crippen molar-refractivity contribution in [3.05, 3.63) is 29.8 Å². The second-order valence-corrected chi connectivity index (χ2v) is 7.55. The van der Waals surface area contributed by atoms with Crippen LogP contribution < -0.4 is 15.5 Å². The second kappa shape index (κ2) is 9.81. The highest BCUT2D eigenvalue weighted by Crippen LogP contribution is 2.19. The number of unbranched alkanes of at least 4 members (excludes halogenated alkanes) is 1. The number of benzene rings is 1. The zero-order chi connectivity index (χ0) is 18.2. The first-order chi connectivity index (χ1) is 12.7. The van der Waals surface area contributed by atoms with E-state index in [2.05, 4.69) is 58.5 Å². The topological polar surface area (TPSA) is 42.9 Å². The zero-order valence-electron chi connectivity index (χ0n) is 16.5. The first-order valence-electron chi connectivity index (χ1n) is 10.3. The minimum atomic E-state index is 0.664. The minimum Gasteiger partial charge on any atom is -0.369 e. The Kier molecular flexibility index (Phi) is 7.18. The van der Waals surface area contributed by atoms with Crippen LogP contribution in [0.2, 0.25) is 0 Å². The van der Waals surface area contributed by atoms with Crippen LogP contribution in [0.5, 0.6) is 0 Å².